The van der Waals surface area contributed by atoms with Crippen LogP contribution in [0.5, 0.6) is 23.0 Å². The number of aliphatic hydroxyl groups is 3. The summed E-state index contributed by atoms with van der Waals surface area (Å²) < 4.78 is 22.1. The van der Waals surface area contributed by atoms with Crippen LogP contribution in [0.1, 0.15) is 6.92 Å². The lowest BCUT2D eigenvalue weighted by molar-refractivity contribution is -0.268. The number of aliphatic hydroxyl groups excluding tert-OH is 3. The van der Waals surface area contributed by atoms with Gasteiger partial charge in [0.05, 0.1) is 13.2 Å². The molecule has 0 saturated carbocycles. The summed E-state index contributed by atoms with van der Waals surface area (Å²) in [4.78, 5) is 13.3. The van der Waals surface area contributed by atoms with Crippen LogP contribution in [0, 0.1) is 0 Å². The van der Waals surface area contributed by atoms with E-state index in [4.69, 9.17) is 18.6 Å². The van der Waals surface area contributed by atoms with Gasteiger partial charge in [-0.25, -0.2) is 0 Å². The number of hydrogen-bond donors (Lipinski definition) is 5. The SMILES string of the molecule is COc1cc(O)c2c(=O)c(O[C@H]3O[C@@H](C)[C@H](O)[C@H](O)[C@@H]3O)c(-c3ccc(O)cc3)oc2c1. The van der Waals surface area contributed by atoms with E-state index in [1.165, 1.54) is 50.4 Å². The molecule has 1 aliphatic rings. The molecule has 0 amide bonds. The predicted molar refractivity (Wildman–Crippen MR) is 111 cm³/mol. The van der Waals surface area contributed by atoms with Crippen molar-refractivity contribution in [2.45, 2.75) is 37.6 Å². The number of hydrogen-bond acceptors (Lipinski definition) is 10. The van der Waals surface area contributed by atoms with Crippen LogP contribution >= 0.6 is 0 Å². The van der Waals surface area contributed by atoms with Crippen molar-refractivity contribution >= 4 is 11.0 Å². The van der Waals surface area contributed by atoms with Crippen molar-refractivity contribution in [1.29, 1.82) is 0 Å². The van der Waals surface area contributed by atoms with Gasteiger partial charge in [0.2, 0.25) is 17.5 Å². The largest absolute Gasteiger partial charge is 0.508 e. The number of fused-ring (bicyclic) bond motifs is 1. The molecule has 5 N–H and O–H groups in total. The van der Waals surface area contributed by atoms with Gasteiger partial charge < -0.3 is 44.2 Å². The van der Waals surface area contributed by atoms with Crippen molar-refractivity contribution in [3.63, 3.8) is 0 Å². The van der Waals surface area contributed by atoms with Gasteiger partial charge in [0.1, 0.15) is 46.5 Å². The molecular weight excluding hydrogens is 424 g/mol. The molecule has 1 aliphatic heterocycles. The summed E-state index contributed by atoms with van der Waals surface area (Å²) in [6.07, 6.45) is -7.02. The molecule has 0 spiro atoms. The molecule has 0 radical (unpaired) electrons. The van der Waals surface area contributed by atoms with Crippen LogP contribution in [-0.2, 0) is 4.74 Å². The van der Waals surface area contributed by atoms with E-state index in [-0.39, 0.29) is 28.2 Å². The molecule has 0 unspecified atom stereocenters. The van der Waals surface area contributed by atoms with E-state index in [1.54, 1.807) is 0 Å². The number of rotatable bonds is 4. The second kappa shape index (κ2) is 8.32. The molecule has 4 rings (SSSR count). The fraction of sp³-hybridized carbons (Fsp3) is 0.318. The van der Waals surface area contributed by atoms with Gasteiger partial charge in [-0.05, 0) is 31.2 Å². The van der Waals surface area contributed by atoms with E-state index in [1.807, 2.05) is 0 Å². The van der Waals surface area contributed by atoms with E-state index in [2.05, 4.69) is 0 Å². The number of aromatic hydroxyl groups is 2. The second-order valence-corrected chi connectivity index (χ2v) is 7.46. The van der Waals surface area contributed by atoms with Gasteiger partial charge in [0.15, 0.2) is 5.76 Å². The topological polar surface area (TPSA) is 159 Å². The minimum Gasteiger partial charge on any atom is -0.508 e. The Morgan fingerprint density at radius 2 is 1.66 bits per heavy atom. The zero-order chi connectivity index (χ0) is 23.2. The summed E-state index contributed by atoms with van der Waals surface area (Å²) in [5.41, 5.74) is -0.409. The highest BCUT2D eigenvalue weighted by Crippen LogP contribution is 2.37. The molecule has 3 aromatic rings. The predicted octanol–water partition coefficient (Wildman–Crippen LogP) is 1.09. The fourth-order valence-electron chi connectivity index (χ4n) is 3.51. The van der Waals surface area contributed by atoms with E-state index < -0.39 is 47.6 Å². The maximum atomic E-state index is 13.3. The number of benzene rings is 2. The third kappa shape index (κ3) is 3.73. The highest BCUT2D eigenvalue weighted by Gasteiger charge is 2.44. The normalized spacial score (nSPS) is 25.6. The van der Waals surface area contributed by atoms with Crippen molar-refractivity contribution in [2.75, 3.05) is 7.11 Å². The molecule has 5 atom stereocenters. The highest BCUT2D eigenvalue weighted by atomic mass is 16.7. The van der Waals surface area contributed by atoms with Gasteiger partial charge in [-0.15, -0.1) is 0 Å². The minimum absolute atomic E-state index is 0.0104. The fourth-order valence-corrected chi connectivity index (χ4v) is 3.51. The molecule has 2 aromatic carbocycles. The molecule has 10 nitrogen and oxygen atoms in total. The van der Waals surface area contributed by atoms with Crippen molar-refractivity contribution in [2.24, 2.45) is 0 Å². The van der Waals surface area contributed by atoms with E-state index in [0.717, 1.165) is 0 Å². The average molecular weight is 446 g/mol. The summed E-state index contributed by atoms with van der Waals surface area (Å²) in [5.74, 6) is -0.650. The van der Waals surface area contributed by atoms with Crippen LogP contribution in [0.4, 0.5) is 0 Å². The summed E-state index contributed by atoms with van der Waals surface area (Å²) in [7, 11) is 1.39. The monoisotopic (exact) mass is 446 g/mol. The Morgan fingerprint density at radius 3 is 2.31 bits per heavy atom. The smallest absolute Gasteiger partial charge is 0.239 e. The maximum absolute atomic E-state index is 13.3. The first kappa shape index (κ1) is 21.9. The number of ether oxygens (including phenoxy) is 3. The Hall–Kier alpha value is -3.31. The van der Waals surface area contributed by atoms with Gasteiger partial charge in [0, 0.05) is 17.7 Å². The number of methoxy groups -OCH3 is 1. The lowest BCUT2D eigenvalue weighted by Crippen LogP contribution is -2.58. The van der Waals surface area contributed by atoms with Gasteiger partial charge >= 0.3 is 0 Å². The van der Waals surface area contributed by atoms with Crippen LogP contribution in [0.25, 0.3) is 22.3 Å². The molecule has 1 fully saturated rings. The second-order valence-electron chi connectivity index (χ2n) is 7.46. The standard InChI is InChI=1S/C22H22O10/c1-9-16(25)18(27)19(28)22(30-9)32-21-17(26)15-13(24)7-12(29-2)8-14(15)31-20(21)10-3-5-11(23)6-4-10/h3-9,16,18-19,22-25,27-28H,1-2H3/t9-,16-,18-,19-,22+/m0/s1. The van der Waals surface area contributed by atoms with Crippen molar-refractivity contribution in [3.8, 4) is 34.3 Å². The van der Waals surface area contributed by atoms with E-state index >= 15 is 0 Å². The summed E-state index contributed by atoms with van der Waals surface area (Å²) >= 11 is 0. The summed E-state index contributed by atoms with van der Waals surface area (Å²) in [6.45, 7) is 1.47. The average Bonchev–Trinajstić information content (AvgIpc) is 2.77. The Kier molecular flexibility index (Phi) is 5.70. The molecule has 32 heavy (non-hydrogen) atoms. The van der Waals surface area contributed by atoms with E-state index in [0.29, 0.717) is 5.56 Å². The van der Waals surface area contributed by atoms with Crippen LogP contribution in [-0.4, -0.2) is 63.3 Å². The van der Waals surface area contributed by atoms with Crippen molar-refractivity contribution in [1.82, 2.24) is 0 Å². The van der Waals surface area contributed by atoms with Crippen molar-refractivity contribution in [3.05, 3.63) is 46.6 Å². The Morgan fingerprint density at radius 1 is 0.969 bits per heavy atom. The van der Waals surface area contributed by atoms with Crippen LogP contribution in [0.2, 0.25) is 0 Å². The molecular formula is C22H22O10. The molecule has 170 valence electrons. The van der Waals surface area contributed by atoms with Crippen LogP contribution in [0.3, 0.4) is 0 Å². The Balaban J connectivity index is 1.90. The van der Waals surface area contributed by atoms with Gasteiger partial charge in [-0.2, -0.15) is 0 Å². The lowest BCUT2D eigenvalue weighted by Gasteiger charge is -2.38. The van der Waals surface area contributed by atoms with Crippen LogP contribution in [0.15, 0.2) is 45.6 Å². The first-order valence-corrected chi connectivity index (χ1v) is 9.74. The Labute approximate surface area is 181 Å². The molecule has 1 saturated heterocycles. The van der Waals surface area contributed by atoms with Gasteiger partial charge in [0.25, 0.3) is 0 Å². The lowest BCUT2D eigenvalue weighted by atomic mass is 10.00. The zero-order valence-corrected chi connectivity index (χ0v) is 17.1. The maximum Gasteiger partial charge on any atom is 0.239 e. The van der Waals surface area contributed by atoms with Crippen LogP contribution < -0.4 is 14.9 Å². The molecule has 2 heterocycles. The van der Waals surface area contributed by atoms with Gasteiger partial charge in [-0.1, -0.05) is 0 Å². The summed E-state index contributed by atoms with van der Waals surface area (Å²) in [5, 5.41) is 50.1. The molecule has 1 aromatic heterocycles. The molecule has 0 aliphatic carbocycles. The highest BCUT2D eigenvalue weighted by molar-refractivity contribution is 5.88. The Bertz CT molecular complexity index is 1190. The van der Waals surface area contributed by atoms with Gasteiger partial charge in [-0.3, -0.25) is 4.79 Å². The minimum atomic E-state index is -1.67. The van der Waals surface area contributed by atoms with Crippen molar-refractivity contribution < 1.29 is 44.2 Å². The zero-order valence-electron chi connectivity index (χ0n) is 17.1. The number of phenols is 2. The molecule has 10 heteroatoms. The first-order chi connectivity index (χ1) is 15.2. The quantitative estimate of drug-likeness (QED) is 0.393. The first-order valence-electron chi connectivity index (χ1n) is 9.74. The summed E-state index contributed by atoms with van der Waals surface area (Å²) in [6, 6.07) is 8.36. The third-order valence-electron chi connectivity index (χ3n) is 5.31. The molecule has 0 bridgehead atoms. The van der Waals surface area contributed by atoms with E-state index in [9.17, 15) is 30.3 Å². The third-order valence-corrected chi connectivity index (χ3v) is 5.31. The number of phenolic OH excluding ortho intramolecular Hbond substituents is 2.